The van der Waals surface area contributed by atoms with E-state index in [1.165, 1.54) is 21.1 Å². The van der Waals surface area contributed by atoms with E-state index in [-0.39, 0.29) is 11.5 Å². The van der Waals surface area contributed by atoms with Crippen molar-refractivity contribution < 1.29 is 4.79 Å². The van der Waals surface area contributed by atoms with E-state index in [0.717, 1.165) is 0 Å². The summed E-state index contributed by atoms with van der Waals surface area (Å²) in [6.07, 6.45) is 4.83. The minimum atomic E-state index is -0.240. The number of hydrogen-bond acceptors (Lipinski definition) is 6. The zero-order valence-electron chi connectivity index (χ0n) is 13.6. The summed E-state index contributed by atoms with van der Waals surface area (Å²) in [5.74, 6) is 0.225. The molecule has 1 aliphatic rings. The number of nitrogens with zero attached hydrogens (tertiary/aromatic N) is 3. The maximum atomic E-state index is 12.9. The van der Waals surface area contributed by atoms with Gasteiger partial charge in [0.15, 0.2) is 0 Å². The smallest absolute Gasteiger partial charge is 0.267 e. The van der Waals surface area contributed by atoms with E-state index in [1.54, 1.807) is 30.5 Å². The number of pyridine rings is 1. The van der Waals surface area contributed by atoms with Gasteiger partial charge in [0, 0.05) is 19.3 Å². The van der Waals surface area contributed by atoms with E-state index in [2.05, 4.69) is 16.9 Å². The van der Waals surface area contributed by atoms with Gasteiger partial charge in [0.2, 0.25) is 0 Å². The number of fused-ring (bicyclic) bond motifs is 1. The van der Waals surface area contributed by atoms with Crippen LogP contribution in [-0.2, 0) is 4.79 Å². The SMILES string of the molecule is C=CCN1C(=O)/C(=C/c2c(NCC)nc3ccccn3c2=O)SC1=S. The molecule has 3 rings (SSSR count). The van der Waals surface area contributed by atoms with Gasteiger partial charge in [-0.1, -0.05) is 36.1 Å². The molecular weight excluding hydrogens is 356 g/mol. The number of thioether (sulfide) groups is 1. The van der Waals surface area contributed by atoms with Crippen LogP contribution in [0.2, 0.25) is 0 Å². The lowest BCUT2D eigenvalue weighted by atomic mass is 10.2. The highest BCUT2D eigenvalue weighted by molar-refractivity contribution is 8.26. The highest BCUT2D eigenvalue weighted by Gasteiger charge is 2.31. The van der Waals surface area contributed by atoms with Crippen molar-refractivity contribution in [1.29, 1.82) is 0 Å². The highest BCUT2D eigenvalue weighted by Crippen LogP contribution is 2.32. The summed E-state index contributed by atoms with van der Waals surface area (Å²) in [5, 5.41) is 3.09. The molecule has 1 fully saturated rings. The molecule has 3 heterocycles. The summed E-state index contributed by atoms with van der Waals surface area (Å²) >= 11 is 6.41. The first-order valence-corrected chi connectivity index (χ1v) is 8.90. The van der Waals surface area contributed by atoms with Crippen LogP contribution < -0.4 is 10.9 Å². The Hall–Kier alpha value is -2.45. The Morgan fingerprint density at radius 2 is 2.20 bits per heavy atom. The maximum absolute atomic E-state index is 12.9. The number of anilines is 1. The van der Waals surface area contributed by atoms with Crippen molar-refractivity contribution in [1.82, 2.24) is 14.3 Å². The van der Waals surface area contributed by atoms with Crippen molar-refractivity contribution in [3.63, 3.8) is 0 Å². The van der Waals surface area contributed by atoms with E-state index < -0.39 is 0 Å². The van der Waals surface area contributed by atoms with Crippen molar-refractivity contribution in [3.8, 4) is 0 Å². The van der Waals surface area contributed by atoms with Crippen LogP contribution >= 0.6 is 24.0 Å². The van der Waals surface area contributed by atoms with E-state index in [4.69, 9.17) is 12.2 Å². The molecule has 8 heteroatoms. The van der Waals surface area contributed by atoms with Gasteiger partial charge in [-0.05, 0) is 25.1 Å². The minimum Gasteiger partial charge on any atom is -0.370 e. The first-order chi connectivity index (χ1) is 12.1. The fourth-order valence-electron chi connectivity index (χ4n) is 2.45. The van der Waals surface area contributed by atoms with Crippen molar-refractivity contribution in [3.05, 3.63) is 57.9 Å². The molecule has 2 aromatic heterocycles. The Bertz CT molecular complexity index is 965. The fraction of sp³-hybridized carbons (Fsp3) is 0.176. The number of hydrogen-bond donors (Lipinski definition) is 1. The van der Waals surface area contributed by atoms with E-state index in [9.17, 15) is 9.59 Å². The van der Waals surface area contributed by atoms with Crippen LogP contribution in [0.25, 0.3) is 11.7 Å². The second-order valence-corrected chi connectivity index (χ2v) is 6.90. The second-order valence-electron chi connectivity index (χ2n) is 5.22. The van der Waals surface area contributed by atoms with Crippen LogP contribution in [0.4, 0.5) is 5.82 Å². The van der Waals surface area contributed by atoms with Gasteiger partial charge in [-0.25, -0.2) is 4.98 Å². The molecule has 2 aromatic rings. The van der Waals surface area contributed by atoms with Gasteiger partial charge in [0.1, 0.15) is 15.8 Å². The molecule has 0 radical (unpaired) electrons. The number of rotatable bonds is 5. The number of amides is 1. The number of aromatic nitrogens is 2. The summed E-state index contributed by atoms with van der Waals surface area (Å²) in [6, 6.07) is 5.34. The van der Waals surface area contributed by atoms with Crippen molar-refractivity contribution >= 4 is 51.7 Å². The molecule has 1 amide bonds. The monoisotopic (exact) mass is 372 g/mol. The predicted octanol–water partition coefficient (Wildman–Crippen LogP) is 2.51. The molecule has 0 aromatic carbocycles. The molecule has 0 spiro atoms. The van der Waals surface area contributed by atoms with Crippen LogP contribution in [0.3, 0.4) is 0 Å². The lowest BCUT2D eigenvalue weighted by molar-refractivity contribution is -0.121. The third-order valence-electron chi connectivity index (χ3n) is 3.57. The van der Waals surface area contributed by atoms with Crippen LogP contribution in [-0.4, -0.2) is 37.6 Å². The summed E-state index contributed by atoms with van der Waals surface area (Å²) in [7, 11) is 0. The molecule has 1 N–H and O–H groups in total. The molecule has 0 aliphatic carbocycles. The minimum absolute atomic E-state index is 0.227. The fourth-order valence-corrected chi connectivity index (χ4v) is 3.71. The molecule has 0 saturated carbocycles. The average molecular weight is 372 g/mol. The van der Waals surface area contributed by atoms with Gasteiger partial charge >= 0.3 is 0 Å². The highest BCUT2D eigenvalue weighted by atomic mass is 32.2. The van der Waals surface area contributed by atoms with E-state index in [0.29, 0.717) is 39.3 Å². The Morgan fingerprint density at radius 1 is 1.40 bits per heavy atom. The summed E-state index contributed by atoms with van der Waals surface area (Å²) in [5.41, 5.74) is 0.639. The standard InChI is InChI=1S/C17H16N4O2S2/c1-3-8-21-16(23)12(25-17(21)24)10-11-14(18-4-2)19-13-7-5-6-9-20(13)15(11)22/h3,5-7,9-10,18H,1,4,8H2,2H3/b12-10-. The summed E-state index contributed by atoms with van der Waals surface area (Å²) in [4.78, 5) is 31.7. The van der Waals surface area contributed by atoms with Crippen molar-refractivity contribution in [2.75, 3.05) is 18.4 Å². The number of thiocarbonyl (C=S) groups is 1. The zero-order valence-corrected chi connectivity index (χ0v) is 15.2. The average Bonchev–Trinajstić information content (AvgIpc) is 2.86. The van der Waals surface area contributed by atoms with E-state index >= 15 is 0 Å². The van der Waals surface area contributed by atoms with Gasteiger partial charge in [0.05, 0.1) is 10.5 Å². The Morgan fingerprint density at radius 3 is 2.92 bits per heavy atom. The molecule has 0 bridgehead atoms. The molecular formula is C17H16N4O2S2. The first kappa shape index (κ1) is 17.4. The normalized spacial score (nSPS) is 16.0. The van der Waals surface area contributed by atoms with Crippen LogP contribution in [0, 0.1) is 0 Å². The van der Waals surface area contributed by atoms with Gasteiger partial charge in [-0.3, -0.25) is 18.9 Å². The second kappa shape index (κ2) is 7.20. The number of carbonyl (C=O) groups excluding carboxylic acids is 1. The lowest BCUT2D eigenvalue weighted by Crippen LogP contribution is -2.28. The van der Waals surface area contributed by atoms with Crippen molar-refractivity contribution in [2.24, 2.45) is 0 Å². The van der Waals surface area contributed by atoms with Gasteiger partial charge in [-0.2, -0.15) is 0 Å². The molecule has 6 nitrogen and oxygen atoms in total. The third-order valence-corrected chi connectivity index (χ3v) is 4.95. The van der Waals surface area contributed by atoms with Crippen LogP contribution in [0.5, 0.6) is 0 Å². The Labute approximate surface area is 154 Å². The quantitative estimate of drug-likeness (QED) is 0.494. The topological polar surface area (TPSA) is 66.7 Å². The van der Waals surface area contributed by atoms with Crippen molar-refractivity contribution in [2.45, 2.75) is 6.92 Å². The largest absolute Gasteiger partial charge is 0.370 e. The van der Waals surface area contributed by atoms with Gasteiger partial charge in [-0.15, -0.1) is 6.58 Å². The molecule has 0 unspecified atom stereocenters. The number of nitrogens with one attached hydrogen (secondary N) is 1. The molecule has 128 valence electrons. The summed E-state index contributed by atoms with van der Waals surface area (Å²) < 4.78 is 1.91. The van der Waals surface area contributed by atoms with Gasteiger partial charge in [0.25, 0.3) is 11.5 Å². The molecule has 1 aliphatic heterocycles. The third kappa shape index (κ3) is 3.22. The molecule has 1 saturated heterocycles. The van der Waals surface area contributed by atoms with Crippen LogP contribution in [0.15, 0.2) is 46.8 Å². The molecule has 25 heavy (non-hydrogen) atoms. The van der Waals surface area contributed by atoms with E-state index in [1.807, 2.05) is 13.0 Å². The number of carbonyl (C=O) groups is 1. The van der Waals surface area contributed by atoms with Gasteiger partial charge < -0.3 is 5.32 Å². The Balaban J connectivity index is 2.15. The summed E-state index contributed by atoms with van der Waals surface area (Å²) in [6.45, 7) is 6.50. The van der Waals surface area contributed by atoms with Crippen LogP contribution in [0.1, 0.15) is 12.5 Å². The maximum Gasteiger partial charge on any atom is 0.267 e. The molecule has 0 atom stereocenters. The Kier molecular flexibility index (Phi) is 5.00. The zero-order chi connectivity index (χ0) is 18.0. The predicted molar refractivity (Wildman–Crippen MR) is 106 cm³/mol. The first-order valence-electron chi connectivity index (χ1n) is 7.68. The lowest BCUT2D eigenvalue weighted by Gasteiger charge is -2.11.